The van der Waals surface area contributed by atoms with Crippen LogP contribution in [0.5, 0.6) is 0 Å². The van der Waals surface area contributed by atoms with Crippen molar-refractivity contribution in [2.75, 3.05) is 18.6 Å². The molecule has 1 heterocycles. The van der Waals surface area contributed by atoms with Gasteiger partial charge in [0.15, 0.2) is 0 Å². The molecule has 0 radical (unpaired) electrons. The summed E-state index contributed by atoms with van der Waals surface area (Å²) in [6.45, 7) is 0.747. The lowest BCUT2D eigenvalue weighted by Crippen LogP contribution is -2.53. The van der Waals surface area contributed by atoms with E-state index in [2.05, 4.69) is 0 Å². The fraction of sp³-hybridized carbons (Fsp3) is 0.364. The van der Waals surface area contributed by atoms with Crippen molar-refractivity contribution < 1.29 is 9.53 Å². The Morgan fingerprint density at radius 2 is 1.94 bits per heavy atom. The van der Waals surface area contributed by atoms with Crippen LogP contribution in [-0.4, -0.2) is 25.7 Å². The summed E-state index contributed by atoms with van der Waals surface area (Å²) in [5, 5.41) is 1.30. The topological polar surface area (TPSA) is 29.5 Å². The van der Waals surface area contributed by atoms with Gasteiger partial charge in [0.25, 0.3) is 0 Å². The Kier molecular flexibility index (Phi) is 3.71. The highest BCUT2D eigenvalue weighted by Gasteiger charge is 2.36. The molecule has 1 fully saturated rings. The van der Waals surface area contributed by atoms with Crippen molar-refractivity contribution in [2.24, 2.45) is 0 Å². The van der Waals surface area contributed by atoms with Crippen LogP contribution >= 0.6 is 34.8 Å². The van der Waals surface area contributed by atoms with E-state index >= 15 is 0 Å². The van der Waals surface area contributed by atoms with E-state index < -0.39 is 0 Å². The number of esters is 1. The molecule has 1 unspecified atom stereocenters. The minimum absolute atomic E-state index is 0.265. The number of halogens is 3. The lowest BCUT2D eigenvalue weighted by atomic mass is 10.0. The predicted octanol–water partition coefficient (Wildman–Crippen LogP) is 3.40. The van der Waals surface area contributed by atoms with E-state index in [1.165, 1.54) is 7.11 Å². The molecule has 1 aliphatic rings. The average Bonchev–Trinajstić information content (AvgIpc) is 2.24. The quantitative estimate of drug-likeness (QED) is 0.618. The Morgan fingerprint density at radius 3 is 2.47 bits per heavy atom. The zero-order valence-corrected chi connectivity index (χ0v) is 11.3. The van der Waals surface area contributed by atoms with E-state index in [0.29, 0.717) is 20.8 Å². The first-order valence-electron chi connectivity index (χ1n) is 5.03. The Bertz CT molecular complexity index is 464. The number of hydrogen-bond acceptors (Lipinski definition) is 3. The summed E-state index contributed by atoms with van der Waals surface area (Å²) in [6, 6.07) is 2.96. The van der Waals surface area contributed by atoms with E-state index in [0.717, 1.165) is 13.0 Å². The molecular formula is C11H10Cl3NO2. The SMILES string of the molecule is COC(=O)C1CCN1c1cc(Cl)c(Cl)cc1Cl. The zero-order chi connectivity index (χ0) is 12.6. The third-order valence-electron chi connectivity index (χ3n) is 2.79. The van der Waals surface area contributed by atoms with Crippen molar-refractivity contribution >= 4 is 46.5 Å². The summed E-state index contributed by atoms with van der Waals surface area (Å²) in [6.07, 6.45) is 0.753. The average molecular weight is 295 g/mol. The van der Waals surface area contributed by atoms with Crippen molar-refractivity contribution in [3.05, 3.63) is 27.2 Å². The molecule has 92 valence electrons. The molecule has 0 spiro atoms. The van der Waals surface area contributed by atoms with Gasteiger partial charge in [0, 0.05) is 6.54 Å². The standard InChI is InChI=1S/C11H10Cl3NO2/c1-17-11(16)9-2-3-15(9)10-5-7(13)6(12)4-8(10)14/h4-5,9H,2-3H2,1H3. The number of nitrogens with zero attached hydrogens (tertiary/aromatic N) is 1. The van der Waals surface area contributed by atoms with Crippen molar-refractivity contribution in [2.45, 2.75) is 12.5 Å². The Hall–Kier alpha value is -0.640. The molecule has 1 atom stereocenters. The Morgan fingerprint density at radius 1 is 1.29 bits per heavy atom. The number of carbonyl (C=O) groups is 1. The van der Waals surface area contributed by atoms with Gasteiger partial charge >= 0.3 is 5.97 Å². The fourth-order valence-corrected chi connectivity index (χ4v) is 2.44. The van der Waals surface area contributed by atoms with Crippen LogP contribution in [0.4, 0.5) is 5.69 Å². The molecule has 0 bridgehead atoms. The number of rotatable bonds is 2. The second-order valence-corrected chi connectivity index (χ2v) is 4.96. The van der Waals surface area contributed by atoms with E-state index in [4.69, 9.17) is 39.5 Å². The van der Waals surface area contributed by atoms with Gasteiger partial charge in [-0.1, -0.05) is 34.8 Å². The Labute approximate surface area is 114 Å². The molecular weight excluding hydrogens is 284 g/mol. The van der Waals surface area contributed by atoms with E-state index in [1.807, 2.05) is 4.90 Å². The zero-order valence-electron chi connectivity index (χ0n) is 9.04. The maximum Gasteiger partial charge on any atom is 0.328 e. The number of hydrogen-bond donors (Lipinski definition) is 0. The molecule has 1 aromatic carbocycles. The van der Waals surface area contributed by atoms with Crippen LogP contribution < -0.4 is 4.90 Å². The van der Waals surface area contributed by atoms with Gasteiger partial charge in [-0.05, 0) is 18.6 Å². The Balaban J connectivity index is 2.29. The molecule has 1 aromatic rings. The highest BCUT2D eigenvalue weighted by Crippen LogP contribution is 2.38. The molecule has 0 aromatic heterocycles. The van der Waals surface area contributed by atoms with Gasteiger partial charge < -0.3 is 9.64 Å². The predicted molar refractivity (Wildman–Crippen MR) is 69.2 cm³/mol. The summed E-state index contributed by atoms with van der Waals surface area (Å²) in [5.41, 5.74) is 0.711. The van der Waals surface area contributed by atoms with Crippen molar-refractivity contribution in [1.82, 2.24) is 0 Å². The lowest BCUT2D eigenvalue weighted by Gasteiger charge is -2.41. The monoisotopic (exact) mass is 293 g/mol. The number of anilines is 1. The van der Waals surface area contributed by atoms with Gasteiger partial charge in [0.2, 0.25) is 0 Å². The summed E-state index contributed by atoms with van der Waals surface area (Å²) in [5.74, 6) is -0.265. The second-order valence-electron chi connectivity index (χ2n) is 3.74. The molecule has 6 heteroatoms. The van der Waals surface area contributed by atoms with E-state index in [1.54, 1.807) is 12.1 Å². The van der Waals surface area contributed by atoms with E-state index in [9.17, 15) is 4.79 Å². The van der Waals surface area contributed by atoms with Gasteiger partial charge in [-0.2, -0.15) is 0 Å². The lowest BCUT2D eigenvalue weighted by molar-refractivity contribution is -0.143. The summed E-state index contributed by atoms with van der Waals surface area (Å²) in [7, 11) is 1.37. The molecule has 1 aliphatic heterocycles. The summed E-state index contributed by atoms with van der Waals surface area (Å²) >= 11 is 17.9. The molecule has 1 saturated heterocycles. The number of methoxy groups -OCH3 is 1. The minimum Gasteiger partial charge on any atom is -0.467 e. The third kappa shape index (κ3) is 2.32. The van der Waals surface area contributed by atoms with Gasteiger partial charge in [-0.3, -0.25) is 0 Å². The van der Waals surface area contributed by atoms with Crippen LogP contribution in [0.15, 0.2) is 12.1 Å². The van der Waals surface area contributed by atoms with Crippen LogP contribution in [0.1, 0.15) is 6.42 Å². The largest absolute Gasteiger partial charge is 0.467 e. The van der Waals surface area contributed by atoms with Crippen molar-refractivity contribution in [1.29, 1.82) is 0 Å². The summed E-state index contributed by atoms with van der Waals surface area (Å²) < 4.78 is 4.72. The molecule has 3 nitrogen and oxygen atoms in total. The smallest absolute Gasteiger partial charge is 0.328 e. The third-order valence-corrected chi connectivity index (χ3v) is 3.82. The molecule has 0 saturated carbocycles. The first-order valence-corrected chi connectivity index (χ1v) is 6.17. The summed E-state index contributed by atoms with van der Waals surface area (Å²) in [4.78, 5) is 13.3. The van der Waals surface area contributed by atoms with Crippen LogP contribution in [0.2, 0.25) is 15.1 Å². The number of carbonyl (C=O) groups excluding carboxylic acids is 1. The minimum atomic E-state index is -0.283. The second kappa shape index (κ2) is 4.92. The maximum absolute atomic E-state index is 11.5. The molecule has 2 rings (SSSR count). The first kappa shape index (κ1) is 12.8. The molecule has 0 N–H and O–H groups in total. The molecule has 0 aliphatic carbocycles. The highest BCUT2D eigenvalue weighted by molar-refractivity contribution is 6.44. The number of benzene rings is 1. The van der Waals surface area contributed by atoms with Crippen LogP contribution in [0, 0.1) is 0 Å². The van der Waals surface area contributed by atoms with Crippen molar-refractivity contribution in [3.63, 3.8) is 0 Å². The van der Waals surface area contributed by atoms with Gasteiger partial charge in [-0.15, -0.1) is 0 Å². The fourth-order valence-electron chi connectivity index (χ4n) is 1.79. The van der Waals surface area contributed by atoms with Gasteiger partial charge in [0.05, 0.1) is 27.9 Å². The van der Waals surface area contributed by atoms with Crippen LogP contribution in [-0.2, 0) is 9.53 Å². The molecule has 0 amide bonds. The van der Waals surface area contributed by atoms with Gasteiger partial charge in [-0.25, -0.2) is 4.79 Å². The van der Waals surface area contributed by atoms with E-state index in [-0.39, 0.29) is 12.0 Å². The van der Waals surface area contributed by atoms with Crippen LogP contribution in [0.3, 0.4) is 0 Å². The van der Waals surface area contributed by atoms with Crippen LogP contribution in [0.25, 0.3) is 0 Å². The first-order chi connectivity index (χ1) is 8.04. The normalized spacial score (nSPS) is 18.8. The maximum atomic E-state index is 11.5. The van der Waals surface area contributed by atoms with Crippen molar-refractivity contribution in [3.8, 4) is 0 Å². The van der Waals surface area contributed by atoms with Gasteiger partial charge in [0.1, 0.15) is 6.04 Å². The molecule has 17 heavy (non-hydrogen) atoms. The highest BCUT2D eigenvalue weighted by atomic mass is 35.5. The number of ether oxygens (including phenoxy) is 1.